The van der Waals surface area contributed by atoms with E-state index in [1.807, 2.05) is 6.07 Å². The zero-order valence-corrected chi connectivity index (χ0v) is 16.7. The highest BCUT2D eigenvalue weighted by Gasteiger charge is 2.34. The Labute approximate surface area is 173 Å². The first-order valence-electron chi connectivity index (χ1n) is 9.01. The maximum atomic E-state index is 12.8. The lowest BCUT2D eigenvalue weighted by atomic mass is 10.1. The maximum absolute atomic E-state index is 12.8. The third-order valence-electron chi connectivity index (χ3n) is 4.42. The fraction of sp³-hybridized carbons (Fsp3) is 0.238. The molecule has 3 amide bonds. The van der Waals surface area contributed by atoms with Crippen molar-refractivity contribution in [2.75, 3.05) is 22.3 Å². The molecule has 0 aromatic heterocycles. The number of nitrogens with zero attached hydrogens (tertiary/aromatic N) is 2. The largest absolute Gasteiger partial charge is 0.326 e. The monoisotopic (exact) mass is 408 g/mol. The first-order valence-corrected chi connectivity index (χ1v) is 10.2. The summed E-state index contributed by atoms with van der Waals surface area (Å²) >= 11 is 1.54. The predicted molar refractivity (Wildman–Crippen MR) is 112 cm³/mol. The van der Waals surface area contributed by atoms with E-state index in [2.05, 4.69) is 10.6 Å². The quantitative estimate of drug-likeness (QED) is 0.792. The number of carbonyl (C=O) groups excluding carboxylic acids is 3. The van der Waals surface area contributed by atoms with Crippen molar-refractivity contribution in [2.45, 2.75) is 19.4 Å². The molecular weight excluding hydrogens is 388 g/mol. The molecule has 0 bridgehead atoms. The second kappa shape index (κ2) is 9.26. The van der Waals surface area contributed by atoms with E-state index in [4.69, 9.17) is 5.26 Å². The highest BCUT2D eigenvalue weighted by molar-refractivity contribution is 7.99. The molecule has 1 aliphatic rings. The number of anilines is 2. The minimum atomic E-state index is -0.540. The van der Waals surface area contributed by atoms with Gasteiger partial charge in [-0.2, -0.15) is 5.26 Å². The molecule has 0 spiro atoms. The van der Waals surface area contributed by atoms with Crippen molar-refractivity contribution in [3.63, 3.8) is 0 Å². The maximum Gasteiger partial charge on any atom is 0.248 e. The molecule has 7 nitrogen and oxygen atoms in total. The van der Waals surface area contributed by atoms with Crippen LogP contribution in [0.3, 0.4) is 0 Å². The van der Waals surface area contributed by atoms with Crippen molar-refractivity contribution in [2.24, 2.45) is 0 Å². The Kier molecular flexibility index (Phi) is 6.52. The first kappa shape index (κ1) is 20.4. The third-order valence-corrected chi connectivity index (χ3v) is 5.43. The van der Waals surface area contributed by atoms with E-state index in [1.54, 1.807) is 53.4 Å². The van der Waals surface area contributed by atoms with Crippen molar-refractivity contribution in [3.8, 4) is 6.07 Å². The summed E-state index contributed by atoms with van der Waals surface area (Å²) in [5.74, 6) is 0.485. The third kappa shape index (κ3) is 5.36. The number of nitriles is 1. The summed E-state index contributed by atoms with van der Waals surface area (Å²) in [5, 5.41) is 14.3. The summed E-state index contributed by atoms with van der Waals surface area (Å²) < 4.78 is 0. The summed E-state index contributed by atoms with van der Waals surface area (Å²) in [6.45, 7) is 1.44. The van der Waals surface area contributed by atoms with Crippen molar-refractivity contribution in [1.29, 1.82) is 5.26 Å². The van der Waals surface area contributed by atoms with Gasteiger partial charge in [0.1, 0.15) is 6.04 Å². The molecule has 2 N–H and O–H groups in total. The van der Waals surface area contributed by atoms with Crippen molar-refractivity contribution < 1.29 is 14.4 Å². The molecule has 1 saturated heterocycles. The number of carbonyl (C=O) groups is 3. The zero-order chi connectivity index (χ0) is 20.8. The minimum Gasteiger partial charge on any atom is -0.326 e. The average molecular weight is 408 g/mol. The van der Waals surface area contributed by atoms with Crippen LogP contribution in [0, 0.1) is 11.3 Å². The molecule has 29 heavy (non-hydrogen) atoms. The van der Waals surface area contributed by atoms with E-state index >= 15 is 0 Å². The molecule has 1 heterocycles. The van der Waals surface area contributed by atoms with Gasteiger partial charge in [-0.25, -0.2) is 0 Å². The summed E-state index contributed by atoms with van der Waals surface area (Å²) in [5.41, 5.74) is 2.59. The van der Waals surface area contributed by atoms with Gasteiger partial charge in [-0.05, 0) is 42.0 Å². The summed E-state index contributed by atoms with van der Waals surface area (Å²) in [7, 11) is 0. The molecule has 0 radical (unpaired) electrons. The fourth-order valence-corrected chi connectivity index (χ4v) is 4.13. The van der Waals surface area contributed by atoms with Gasteiger partial charge in [0.05, 0.1) is 23.9 Å². The molecule has 1 unspecified atom stereocenters. The lowest BCUT2D eigenvalue weighted by molar-refractivity contribution is -0.135. The van der Waals surface area contributed by atoms with Crippen LogP contribution in [0.4, 0.5) is 11.4 Å². The highest BCUT2D eigenvalue weighted by atomic mass is 32.2. The van der Waals surface area contributed by atoms with Crippen LogP contribution in [0.2, 0.25) is 0 Å². The van der Waals surface area contributed by atoms with Crippen LogP contribution >= 0.6 is 11.8 Å². The van der Waals surface area contributed by atoms with E-state index in [1.165, 1.54) is 18.7 Å². The predicted octanol–water partition coefficient (Wildman–Crippen LogP) is 2.60. The van der Waals surface area contributed by atoms with E-state index in [0.29, 0.717) is 28.6 Å². The van der Waals surface area contributed by atoms with Gasteiger partial charge in [0.15, 0.2) is 0 Å². The zero-order valence-electron chi connectivity index (χ0n) is 15.8. The van der Waals surface area contributed by atoms with Gasteiger partial charge < -0.3 is 15.5 Å². The molecule has 8 heteroatoms. The number of amides is 3. The van der Waals surface area contributed by atoms with Crippen LogP contribution in [0.5, 0.6) is 0 Å². The lowest BCUT2D eigenvalue weighted by Gasteiger charge is -2.23. The first-order chi connectivity index (χ1) is 14.0. The van der Waals surface area contributed by atoms with Gasteiger partial charge in [0, 0.05) is 24.1 Å². The Morgan fingerprint density at radius 3 is 2.31 bits per heavy atom. The van der Waals surface area contributed by atoms with Crippen molar-refractivity contribution >= 4 is 40.9 Å². The molecule has 0 aliphatic carbocycles. The summed E-state index contributed by atoms with van der Waals surface area (Å²) in [6.07, 6.45) is 0.182. The second-order valence-corrected chi connectivity index (χ2v) is 7.61. The Morgan fingerprint density at radius 1 is 1.07 bits per heavy atom. The van der Waals surface area contributed by atoms with Crippen LogP contribution in [0.15, 0.2) is 48.5 Å². The van der Waals surface area contributed by atoms with E-state index < -0.39 is 6.04 Å². The summed E-state index contributed by atoms with van der Waals surface area (Å²) in [6, 6.07) is 15.2. The fourth-order valence-electron chi connectivity index (χ4n) is 2.94. The highest BCUT2D eigenvalue weighted by Crippen LogP contribution is 2.24. The van der Waals surface area contributed by atoms with E-state index in [-0.39, 0.29) is 24.1 Å². The van der Waals surface area contributed by atoms with E-state index in [0.717, 1.165) is 5.56 Å². The molecule has 3 rings (SSSR count). The van der Waals surface area contributed by atoms with Gasteiger partial charge in [-0.3, -0.25) is 14.4 Å². The normalized spacial score (nSPS) is 15.4. The molecular formula is C21H20N4O3S. The SMILES string of the molecule is CC(=O)Nc1ccc(CC(=O)N2CSCC2C(=O)Nc2ccc(C#N)cc2)cc1. The topological polar surface area (TPSA) is 102 Å². The van der Waals surface area contributed by atoms with Gasteiger partial charge >= 0.3 is 0 Å². The van der Waals surface area contributed by atoms with Crippen LogP contribution in [-0.4, -0.2) is 40.3 Å². The molecule has 2 aromatic carbocycles. The summed E-state index contributed by atoms with van der Waals surface area (Å²) in [4.78, 5) is 38.1. The number of benzene rings is 2. The Bertz CT molecular complexity index is 951. The molecule has 148 valence electrons. The van der Waals surface area contributed by atoms with Crippen molar-refractivity contribution in [3.05, 3.63) is 59.7 Å². The Balaban J connectivity index is 1.61. The molecule has 0 saturated carbocycles. The molecule has 1 fully saturated rings. The number of hydrogen-bond acceptors (Lipinski definition) is 5. The van der Waals surface area contributed by atoms with Gasteiger partial charge in [0.25, 0.3) is 0 Å². The Hall–Kier alpha value is -3.31. The second-order valence-electron chi connectivity index (χ2n) is 6.61. The van der Waals surface area contributed by atoms with Gasteiger partial charge in [-0.1, -0.05) is 12.1 Å². The van der Waals surface area contributed by atoms with E-state index in [9.17, 15) is 14.4 Å². The standard InChI is InChI=1S/C21H20N4O3S/c1-14(26)23-17-6-2-15(3-7-17)10-20(27)25-13-29-12-19(25)21(28)24-18-8-4-16(11-22)5-9-18/h2-9,19H,10,12-13H2,1H3,(H,23,26)(H,24,28). The van der Waals surface area contributed by atoms with Crippen molar-refractivity contribution in [1.82, 2.24) is 4.90 Å². The minimum absolute atomic E-state index is 0.123. The van der Waals surface area contributed by atoms with Crippen LogP contribution in [-0.2, 0) is 20.8 Å². The Morgan fingerprint density at radius 2 is 1.69 bits per heavy atom. The lowest BCUT2D eigenvalue weighted by Crippen LogP contribution is -2.45. The molecule has 2 aromatic rings. The molecule has 1 aliphatic heterocycles. The number of thioether (sulfide) groups is 1. The smallest absolute Gasteiger partial charge is 0.248 e. The average Bonchev–Trinajstić information content (AvgIpc) is 3.20. The number of rotatable bonds is 5. The number of nitrogens with one attached hydrogen (secondary N) is 2. The molecule has 1 atom stereocenters. The van der Waals surface area contributed by atoms with Crippen LogP contribution < -0.4 is 10.6 Å². The number of hydrogen-bond donors (Lipinski definition) is 2. The van der Waals surface area contributed by atoms with Crippen LogP contribution in [0.25, 0.3) is 0 Å². The van der Waals surface area contributed by atoms with Gasteiger partial charge in [0.2, 0.25) is 17.7 Å². The van der Waals surface area contributed by atoms with Gasteiger partial charge in [-0.15, -0.1) is 11.8 Å². The van der Waals surface area contributed by atoms with Crippen LogP contribution in [0.1, 0.15) is 18.1 Å².